The lowest BCUT2D eigenvalue weighted by molar-refractivity contribution is -0.131. The van der Waals surface area contributed by atoms with E-state index in [9.17, 15) is 22.8 Å². The minimum Gasteiger partial charge on any atom is -0.390 e. The number of likely N-dealkylation sites (tertiary alicyclic amines) is 1. The predicted octanol–water partition coefficient (Wildman–Crippen LogP) is 1.13. The molecule has 4 aliphatic rings. The summed E-state index contributed by atoms with van der Waals surface area (Å²) in [7, 11) is -3.82. The van der Waals surface area contributed by atoms with Gasteiger partial charge in [-0.15, -0.1) is 6.58 Å². The molecule has 6 rings (SSSR count). The van der Waals surface area contributed by atoms with E-state index < -0.39 is 56.7 Å². The smallest absolute Gasteiger partial charge is 0.332 e. The summed E-state index contributed by atoms with van der Waals surface area (Å²) >= 11 is 0. The summed E-state index contributed by atoms with van der Waals surface area (Å²) in [5.41, 5.74) is 5.12. The molecule has 0 bridgehead atoms. The van der Waals surface area contributed by atoms with Crippen LogP contribution in [0.1, 0.15) is 36.8 Å². The van der Waals surface area contributed by atoms with E-state index >= 15 is 0 Å². The zero-order valence-corrected chi connectivity index (χ0v) is 22.9. The van der Waals surface area contributed by atoms with E-state index in [0.29, 0.717) is 18.6 Å². The van der Waals surface area contributed by atoms with Crippen molar-refractivity contribution in [1.82, 2.24) is 20.4 Å². The van der Waals surface area contributed by atoms with E-state index in [2.05, 4.69) is 21.8 Å². The number of nitrogens with zero attached hydrogens (tertiary/aromatic N) is 2. The van der Waals surface area contributed by atoms with Gasteiger partial charge in [-0.3, -0.25) is 19.7 Å². The topological polar surface area (TPSA) is 172 Å². The van der Waals surface area contributed by atoms with Crippen LogP contribution in [0.3, 0.4) is 0 Å². The maximum atomic E-state index is 13.5. The molecule has 5 N–H and O–H groups in total. The molecule has 4 amide bonds. The van der Waals surface area contributed by atoms with E-state index in [1.807, 2.05) is 54.0 Å². The third-order valence-corrected chi connectivity index (χ3v) is 9.97. The summed E-state index contributed by atoms with van der Waals surface area (Å²) in [5.74, 6) is 3.49. The van der Waals surface area contributed by atoms with Crippen molar-refractivity contribution < 1.29 is 27.6 Å². The number of hydrogen-bond acceptors (Lipinski definition) is 8. The predicted molar refractivity (Wildman–Crippen MR) is 149 cm³/mol. The molecular weight excluding hydrogens is 548 g/mol. The van der Waals surface area contributed by atoms with Crippen molar-refractivity contribution in [2.24, 2.45) is 16.9 Å². The van der Waals surface area contributed by atoms with E-state index in [-0.39, 0.29) is 19.4 Å². The van der Waals surface area contributed by atoms with Crippen LogP contribution in [0.4, 0.5) is 4.79 Å². The number of urea groups is 1. The lowest BCUT2D eigenvalue weighted by Crippen LogP contribution is -2.57. The number of carbonyl (C=O) groups excluding carboxylic acids is 3. The lowest BCUT2D eigenvalue weighted by Gasteiger charge is -2.25. The van der Waals surface area contributed by atoms with Crippen LogP contribution in [0.15, 0.2) is 66.3 Å². The lowest BCUT2D eigenvalue weighted by atomic mass is 10.1. The fourth-order valence-corrected chi connectivity index (χ4v) is 7.03. The number of oxime groups is 1. The molecule has 3 fully saturated rings. The minimum absolute atomic E-state index is 0.0152. The van der Waals surface area contributed by atoms with Gasteiger partial charge in [-0.25, -0.2) is 19.1 Å². The fraction of sp³-hybridized carbons (Fsp3) is 0.357. The Labute approximate surface area is 237 Å². The summed E-state index contributed by atoms with van der Waals surface area (Å²) in [4.78, 5) is 46.3. The van der Waals surface area contributed by atoms with Crippen LogP contribution in [-0.2, 0) is 24.4 Å². The average Bonchev–Trinajstić information content (AvgIpc) is 3.88. The number of sulfonamides is 1. The minimum atomic E-state index is -3.82. The highest BCUT2D eigenvalue weighted by molar-refractivity contribution is 7.91. The Morgan fingerprint density at radius 2 is 1.66 bits per heavy atom. The number of fused-ring (bicyclic) bond motifs is 3. The highest BCUT2D eigenvalue weighted by Gasteiger charge is 2.62. The molecule has 1 saturated heterocycles. The highest BCUT2D eigenvalue weighted by Crippen LogP contribution is 2.45. The molecule has 2 saturated carbocycles. The molecule has 1 aliphatic heterocycles. The van der Waals surface area contributed by atoms with Crippen LogP contribution >= 0.6 is 0 Å². The third kappa shape index (κ3) is 4.74. The first kappa shape index (κ1) is 27.0. The Morgan fingerprint density at radius 3 is 2.20 bits per heavy atom. The second-order valence-electron chi connectivity index (χ2n) is 10.8. The number of amides is 4. The van der Waals surface area contributed by atoms with Gasteiger partial charge in [-0.05, 0) is 30.4 Å². The molecule has 3 aliphatic carbocycles. The van der Waals surface area contributed by atoms with Crippen molar-refractivity contribution in [1.29, 1.82) is 0 Å². The van der Waals surface area contributed by atoms with Crippen LogP contribution in [0.5, 0.6) is 0 Å². The molecule has 12 nitrogen and oxygen atoms in total. The van der Waals surface area contributed by atoms with Crippen LogP contribution in [0, 0.1) is 5.92 Å². The summed E-state index contributed by atoms with van der Waals surface area (Å²) in [6.45, 7) is 3.72. The molecule has 0 spiro atoms. The zero-order valence-electron chi connectivity index (χ0n) is 22.1. The van der Waals surface area contributed by atoms with E-state index in [1.54, 1.807) is 0 Å². The molecule has 0 radical (unpaired) electrons. The van der Waals surface area contributed by atoms with Gasteiger partial charge in [-0.1, -0.05) is 59.8 Å². The normalized spacial score (nSPS) is 25.9. The molecule has 13 heteroatoms. The summed E-state index contributed by atoms with van der Waals surface area (Å²) < 4.78 is 26.9. The summed E-state index contributed by atoms with van der Waals surface area (Å²) in [6.07, 6.45) is 2.10. The van der Waals surface area contributed by atoms with Gasteiger partial charge in [0.05, 0.1) is 11.8 Å². The van der Waals surface area contributed by atoms with Gasteiger partial charge in [0.1, 0.15) is 23.4 Å². The van der Waals surface area contributed by atoms with Crippen molar-refractivity contribution in [2.45, 2.75) is 48.6 Å². The Kier molecular flexibility index (Phi) is 6.57. The Hall–Kier alpha value is -4.23. The van der Waals surface area contributed by atoms with Crippen molar-refractivity contribution >= 4 is 33.6 Å². The maximum Gasteiger partial charge on any atom is 0.332 e. The standard InChI is InChI=1S/C28H30N6O6S/c1-2-16-14-28(16,26(36)33-41(38,39)18-11-12-18)30-25(35)23-13-17(15-34(23)27(37)31-29)40-32-24-21-9-5-3-7-19(21)20-8-4-6-10-22(20)24/h2-10,16-18,23H,1,11-15,29H2,(H,30,35)(H,31,37)(H,33,36)/t16-,17?,23+,28?/m1/s1. The molecule has 2 aromatic rings. The Bertz CT molecular complexity index is 1540. The molecule has 2 unspecified atom stereocenters. The van der Waals surface area contributed by atoms with Crippen LogP contribution in [-0.4, -0.2) is 66.4 Å². The van der Waals surface area contributed by atoms with Gasteiger partial charge in [0.15, 0.2) is 0 Å². The van der Waals surface area contributed by atoms with E-state index in [1.165, 1.54) is 11.0 Å². The zero-order chi connectivity index (χ0) is 28.9. The molecule has 0 aromatic heterocycles. The number of nitrogens with two attached hydrogens (primary N) is 1. The summed E-state index contributed by atoms with van der Waals surface area (Å²) in [6, 6.07) is 13.9. The molecule has 1 heterocycles. The number of nitrogens with one attached hydrogen (secondary N) is 3. The van der Waals surface area contributed by atoms with Gasteiger partial charge in [-0.2, -0.15) is 0 Å². The van der Waals surface area contributed by atoms with Crippen molar-refractivity contribution in [2.75, 3.05) is 6.54 Å². The second kappa shape index (κ2) is 10.00. The number of hydrogen-bond donors (Lipinski definition) is 4. The Morgan fingerprint density at radius 1 is 1.05 bits per heavy atom. The number of hydrazine groups is 1. The van der Waals surface area contributed by atoms with E-state index in [4.69, 9.17) is 10.7 Å². The third-order valence-electron chi connectivity index (χ3n) is 8.15. The van der Waals surface area contributed by atoms with Crippen LogP contribution in [0.2, 0.25) is 0 Å². The highest BCUT2D eigenvalue weighted by atomic mass is 32.2. The van der Waals surface area contributed by atoms with Gasteiger partial charge in [0.2, 0.25) is 15.9 Å². The average molecular weight is 579 g/mol. The summed E-state index contributed by atoms with van der Waals surface area (Å²) in [5, 5.41) is 6.56. The van der Waals surface area contributed by atoms with Gasteiger partial charge in [0, 0.05) is 23.5 Å². The number of rotatable bonds is 8. The number of carbonyl (C=O) groups is 3. The van der Waals surface area contributed by atoms with Crippen LogP contribution < -0.4 is 21.3 Å². The monoisotopic (exact) mass is 578 g/mol. The number of benzene rings is 2. The van der Waals surface area contributed by atoms with Crippen molar-refractivity contribution in [3.63, 3.8) is 0 Å². The molecule has 4 atom stereocenters. The molecular formula is C28H30N6O6S. The fourth-order valence-electron chi connectivity index (χ4n) is 5.67. The largest absolute Gasteiger partial charge is 0.390 e. The molecule has 2 aromatic carbocycles. The second-order valence-corrected chi connectivity index (χ2v) is 12.8. The van der Waals surface area contributed by atoms with Gasteiger partial charge >= 0.3 is 6.03 Å². The quantitative estimate of drug-likeness (QED) is 0.134. The maximum absolute atomic E-state index is 13.5. The molecule has 214 valence electrons. The first-order chi connectivity index (χ1) is 19.7. The molecule has 41 heavy (non-hydrogen) atoms. The van der Waals surface area contributed by atoms with Gasteiger partial charge < -0.3 is 15.1 Å². The SMILES string of the molecule is C=C[C@@H]1CC1(NC(=O)[C@@H]1CC(ON=C2c3ccccc3-c3ccccc32)CN1C(=O)NN)C(=O)NS(=O)(=O)C1CC1. The van der Waals surface area contributed by atoms with Crippen molar-refractivity contribution in [3.8, 4) is 11.1 Å². The first-order valence-electron chi connectivity index (χ1n) is 13.4. The first-order valence-corrected chi connectivity index (χ1v) is 14.9. The Balaban J connectivity index is 1.20. The van der Waals surface area contributed by atoms with Crippen molar-refractivity contribution in [3.05, 3.63) is 72.3 Å². The van der Waals surface area contributed by atoms with Crippen LogP contribution in [0.25, 0.3) is 11.1 Å². The van der Waals surface area contributed by atoms with Gasteiger partial charge in [0.25, 0.3) is 5.91 Å². The van der Waals surface area contributed by atoms with E-state index in [0.717, 1.165) is 22.3 Å².